The molecule has 0 aliphatic carbocycles. The average molecular weight is 354 g/mol. The lowest BCUT2D eigenvalue weighted by molar-refractivity contribution is 0.0104. The molecule has 0 fully saturated rings. The van der Waals surface area contributed by atoms with E-state index < -0.39 is 11.4 Å². The van der Waals surface area contributed by atoms with E-state index in [4.69, 9.17) is 11.6 Å². The van der Waals surface area contributed by atoms with Gasteiger partial charge in [0.2, 0.25) is 0 Å². The zero-order chi connectivity index (χ0) is 16.8. The first-order valence-corrected chi connectivity index (χ1v) is 7.57. The van der Waals surface area contributed by atoms with Gasteiger partial charge in [-0.15, -0.1) is 0 Å². The van der Waals surface area contributed by atoms with E-state index in [2.05, 4.69) is 10.1 Å². The van der Waals surface area contributed by atoms with E-state index in [-0.39, 0.29) is 22.1 Å². The average Bonchev–Trinajstić information content (AvgIpc) is 2.84. The minimum Gasteiger partial charge on any atom is -0.288 e. The Labute approximate surface area is 137 Å². The Morgan fingerprint density at radius 2 is 1.96 bits per heavy atom. The van der Waals surface area contributed by atoms with Crippen molar-refractivity contribution in [1.82, 2.24) is 14.6 Å². The van der Waals surface area contributed by atoms with Gasteiger partial charge in [-0.1, -0.05) is 51.2 Å². The number of carbonyl (C=O) groups is 1. The van der Waals surface area contributed by atoms with E-state index in [0.717, 1.165) is 11.4 Å². The molecule has 8 heteroatoms. The van der Waals surface area contributed by atoms with E-state index in [1.165, 1.54) is 6.07 Å². The predicted molar refractivity (Wildman–Crippen MR) is 87.0 cm³/mol. The Kier molecular flexibility index (Phi) is 3.90. The second-order valence-electron chi connectivity index (χ2n) is 5.04. The molecule has 0 amide bonds. The van der Waals surface area contributed by atoms with Gasteiger partial charge in [-0.2, -0.15) is 13.9 Å². The van der Waals surface area contributed by atoms with Crippen LogP contribution in [0.25, 0.3) is 16.9 Å². The number of aromatic nitrogens is 3. The zero-order valence-electron chi connectivity index (χ0n) is 11.9. The van der Waals surface area contributed by atoms with Crippen molar-refractivity contribution in [3.63, 3.8) is 0 Å². The van der Waals surface area contributed by atoms with Crippen molar-refractivity contribution < 1.29 is 13.6 Å². The molecule has 2 heterocycles. The fourth-order valence-corrected chi connectivity index (χ4v) is 2.77. The second-order valence-corrected chi connectivity index (χ2v) is 5.95. The molecule has 3 aromatic rings. The van der Waals surface area contributed by atoms with Crippen LogP contribution in [0.3, 0.4) is 0 Å². The quantitative estimate of drug-likeness (QED) is 0.664. The highest BCUT2D eigenvalue weighted by Gasteiger charge is 2.31. The molecule has 0 radical (unpaired) electrons. The van der Waals surface area contributed by atoms with Crippen molar-refractivity contribution in [2.24, 2.45) is 0 Å². The van der Waals surface area contributed by atoms with Gasteiger partial charge >= 0.3 is 0 Å². The molecular formula is C15H11ClF2N3OP. The maximum Gasteiger partial charge on any atom is 0.287 e. The fourth-order valence-electron chi connectivity index (χ4n) is 2.22. The number of hydrogen-bond donors (Lipinski definition) is 0. The zero-order valence-corrected chi connectivity index (χ0v) is 13.8. The predicted octanol–water partition coefficient (Wildman–Crippen LogP) is 4.18. The van der Waals surface area contributed by atoms with Gasteiger partial charge in [-0.05, 0) is 6.07 Å². The summed E-state index contributed by atoms with van der Waals surface area (Å²) in [6.07, 6.45) is 0. The van der Waals surface area contributed by atoms with Crippen LogP contribution in [0.5, 0.6) is 0 Å². The van der Waals surface area contributed by atoms with E-state index in [9.17, 15) is 13.6 Å². The van der Waals surface area contributed by atoms with Crippen molar-refractivity contribution in [2.75, 3.05) is 0 Å². The molecular weight excluding hydrogens is 343 g/mol. The monoisotopic (exact) mass is 353 g/mol. The van der Waals surface area contributed by atoms with E-state index in [0.29, 0.717) is 11.3 Å². The number of carbonyl (C=O) groups excluding carboxylic acids is 1. The molecule has 23 heavy (non-hydrogen) atoms. The van der Waals surface area contributed by atoms with Crippen LogP contribution in [0, 0.1) is 0 Å². The largest absolute Gasteiger partial charge is 0.288 e. The summed E-state index contributed by atoms with van der Waals surface area (Å²) < 4.78 is 28.9. The maximum atomic E-state index is 14.0. The van der Waals surface area contributed by atoms with Crippen LogP contribution in [0.1, 0.15) is 23.1 Å². The van der Waals surface area contributed by atoms with Crippen LogP contribution in [0.2, 0.25) is 5.02 Å². The molecule has 4 nitrogen and oxygen atoms in total. The Morgan fingerprint density at radius 3 is 2.52 bits per heavy atom. The van der Waals surface area contributed by atoms with Crippen LogP contribution in [0.4, 0.5) is 8.78 Å². The highest BCUT2D eigenvalue weighted by Crippen LogP contribution is 2.33. The van der Waals surface area contributed by atoms with Gasteiger partial charge in [-0.3, -0.25) is 4.79 Å². The normalized spacial score (nSPS) is 11.9. The van der Waals surface area contributed by atoms with Crippen LogP contribution in [0.15, 0.2) is 36.4 Å². The lowest BCUT2D eigenvalue weighted by atomic mass is 10.1. The molecule has 0 spiro atoms. The van der Waals surface area contributed by atoms with Crippen LogP contribution in [-0.2, 0) is 5.92 Å². The summed E-state index contributed by atoms with van der Waals surface area (Å²) in [6, 6.07) is 10.1. The van der Waals surface area contributed by atoms with Crippen LogP contribution >= 0.6 is 20.8 Å². The minimum atomic E-state index is -3.18. The number of hydrogen-bond acceptors (Lipinski definition) is 3. The van der Waals surface area contributed by atoms with E-state index in [1.54, 1.807) is 24.3 Å². The smallest absolute Gasteiger partial charge is 0.287 e. The van der Waals surface area contributed by atoms with Crippen molar-refractivity contribution in [1.29, 1.82) is 0 Å². The summed E-state index contributed by atoms with van der Waals surface area (Å²) in [7, 11) is 1.92. The number of alkyl halides is 2. The number of fused-ring (bicyclic) bond motifs is 1. The molecule has 2 aromatic heterocycles. The summed E-state index contributed by atoms with van der Waals surface area (Å²) in [5.74, 6) is -3.18. The highest BCUT2D eigenvalue weighted by atomic mass is 35.5. The Hall–Kier alpha value is -1.91. The third-order valence-corrected chi connectivity index (χ3v) is 3.91. The van der Waals surface area contributed by atoms with Gasteiger partial charge in [0.15, 0.2) is 16.9 Å². The lowest BCUT2D eigenvalue weighted by Crippen LogP contribution is -2.15. The topological polar surface area (TPSA) is 47.3 Å². The minimum absolute atomic E-state index is 0.0235. The number of halogens is 3. The van der Waals surface area contributed by atoms with Crippen molar-refractivity contribution in [2.45, 2.75) is 12.8 Å². The first-order valence-electron chi connectivity index (χ1n) is 6.62. The number of benzene rings is 1. The molecule has 1 atom stereocenters. The third-order valence-electron chi connectivity index (χ3n) is 3.29. The molecule has 1 unspecified atom stereocenters. The molecule has 0 bridgehead atoms. The summed E-state index contributed by atoms with van der Waals surface area (Å²) in [4.78, 5) is 15.8. The SMILES string of the molecule is CC(F)(F)c1cc(-c2ccccc2)nc2c(Cl)c(C(=O)P)nn12. The maximum absolute atomic E-state index is 14.0. The van der Waals surface area contributed by atoms with Crippen molar-refractivity contribution in [3.8, 4) is 11.3 Å². The van der Waals surface area contributed by atoms with E-state index >= 15 is 0 Å². The molecule has 0 saturated heterocycles. The summed E-state index contributed by atoms with van der Waals surface area (Å²) in [5.41, 5.74) is 0.0267. The molecule has 0 saturated carbocycles. The van der Waals surface area contributed by atoms with Gasteiger partial charge in [0.25, 0.3) is 5.92 Å². The standard InChI is InChI=1S/C15H11ClF2N3OP/c1-15(17,18)10-7-9(8-5-3-2-4-6-8)19-13-11(16)12(14(22)23)20-21(10)13/h2-7H,23H2,1H3. The van der Waals surface area contributed by atoms with Crippen LogP contribution in [-0.4, -0.2) is 20.1 Å². The Morgan fingerprint density at radius 1 is 1.30 bits per heavy atom. The highest BCUT2D eigenvalue weighted by molar-refractivity contribution is 7.41. The second kappa shape index (κ2) is 5.62. The van der Waals surface area contributed by atoms with Crippen LogP contribution < -0.4 is 0 Å². The van der Waals surface area contributed by atoms with E-state index in [1.807, 2.05) is 15.3 Å². The van der Waals surface area contributed by atoms with Gasteiger partial charge in [-0.25, -0.2) is 9.50 Å². The van der Waals surface area contributed by atoms with Crippen molar-refractivity contribution in [3.05, 3.63) is 52.8 Å². The van der Waals surface area contributed by atoms with Gasteiger partial charge in [0.1, 0.15) is 10.7 Å². The molecule has 3 rings (SSSR count). The fraction of sp³-hybridized carbons (Fsp3) is 0.133. The molecule has 1 aromatic carbocycles. The molecule has 0 aliphatic heterocycles. The number of nitrogens with zero attached hydrogens (tertiary/aromatic N) is 3. The number of rotatable bonds is 3. The summed E-state index contributed by atoms with van der Waals surface area (Å²) in [5, 5.41) is 3.84. The van der Waals surface area contributed by atoms with Crippen molar-refractivity contribution >= 4 is 32.0 Å². The lowest BCUT2D eigenvalue weighted by Gasteiger charge is -2.14. The molecule has 0 aliphatic rings. The van der Waals surface area contributed by atoms with Gasteiger partial charge < -0.3 is 0 Å². The Bertz CT molecular complexity index is 906. The summed E-state index contributed by atoms with van der Waals surface area (Å²) >= 11 is 6.11. The first-order chi connectivity index (χ1) is 10.8. The van der Waals surface area contributed by atoms with Gasteiger partial charge in [0, 0.05) is 12.5 Å². The third kappa shape index (κ3) is 2.84. The summed E-state index contributed by atoms with van der Waals surface area (Å²) in [6.45, 7) is 0.758. The Balaban J connectivity index is 2.38. The molecule has 0 N–H and O–H groups in total. The first kappa shape index (κ1) is 16.0. The molecule has 118 valence electrons. The van der Waals surface area contributed by atoms with Gasteiger partial charge in [0.05, 0.1) is 5.69 Å².